The number of alkyl halides is 3. The molecule has 2 aromatic carbocycles. The van der Waals surface area contributed by atoms with Gasteiger partial charge >= 0.3 is 6.18 Å². The molecule has 0 heterocycles. The molecule has 0 amide bonds. The monoisotopic (exact) mass is 864 g/mol. The van der Waals surface area contributed by atoms with Crippen LogP contribution in [0.15, 0.2) is 59.9 Å². The molecule has 2 fully saturated rings. The smallest absolute Gasteiger partial charge is 0.413 e. The van der Waals surface area contributed by atoms with E-state index in [0.29, 0.717) is 17.8 Å². The van der Waals surface area contributed by atoms with Crippen LogP contribution in [0.4, 0.5) is 13.2 Å². The van der Waals surface area contributed by atoms with Gasteiger partial charge in [0.15, 0.2) is 0 Å². The van der Waals surface area contributed by atoms with E-state index in [1.807, 2.05) is 0 Å². The number of halogens is 4. The zero-order chi connectivity index (χ0) is 35.0. The first-order valence-corrected chi connectivity index (χ1v) is 20.1. The third-order valence-electron chi connectivity index (χ3n) is 10.0. The minimum atomic E-state index is -4.23. The van der Waals surface area contributed by atoms with Crippen LogP contribution in [0.25, 0.3) is 11.1 Å². The minimum absolute atomic E-state index is 0. The van der Waals surface area contributed by atoms with E-state index in [4.69, 9.17) is 4.74 Å². The molecule has 0 N–H and O–H groups in total. The SMILES string of the molecule is CC(C)Oc1cccc(-c2c(C(C)C)cc(C(C)C)cc2C(C)C)c1P(C1CCCCC1)C1CCCCC1.FC(F)(F)C1=CC=C=C[CH]1.[Br-].[Pd]. The molecular weight excluding hydrogens is 807 g/mol. The Kier molecular flexibility index (Phi) is 18.8. The number of hydrogen-bond acceptors (Lipinski definition) is 1. The Morgan fingerprint density at radius 2 is 1.26 bits per heavy atom. The Labute approximate surface area is 327 Å². The molecule has 0 bridgehead atoms. The van der Waals surface area contributed by atoms with Gasteiger partial charge in [-0.25, -0.2) is 0 Å². The Balaban J connectivity index is 0.000000623. The molecule has 1 nitrogen and oxygen atoms in total. The fraction of sp³-hybridized carbons (Fsp3) is 0.581. The average Bonchev–Trinajstić information content (AvgIpc) is 3.06. The van der Waals surface area contributed by atoms with Gasteiger partial charge in [-0.05, 0) is 121 Å². The van der Waals surface area contributed by atoms with Gasteiger partial charge in [0.2, 0.25) is 0 Å². The number of hydrogen-bond donors (Lipinski definition) is 0. The molecule has 7 heteroatoms. The normalized spacial score (nSPS) is 17.1. The number of benzene rings is 2. The van der Waals surface area contributed by atoms with E-state index in [0.717, 1.165) is 23.8 Å². The van der Waals surface area contributed by atoms with Crippen molar-refractivity contribution in [1.29, 1.82) is 0 Å². The van der Waals surface area contributed by atoms with Crippen molar-refractivity contribution in [2.75, 3.05) is 0 Å². The van der Waals surface area contributed by atoms with Crippen molar-refractivity contribution in [3.8, 4) is 16.9 Å². The van der Waals surface area contributed by atoms with Crippen molar-refractivity contribution in [3.63, 3.8) is 0 Å². The van der Waals surface area contributed by atoms with E-state index < -0.39 is 11.7 Å². The standard InChI is InChI=1S/C36H55OP.C7H4F3.BrH.Pd/c1-24(2)28-22-32(25(3)4)35(33(23-28)26(5)6)31-20-15-21-34(37-27(7)8)36(31)38(29-16-11-9-12-17-29)30-18-13-10-14-19-30;8-7(9,10)6-4-2-1-3-5-6;;/h15,20-27,29-30H,9-14,16-19H2,1-8H3;2-5H;1H;/p-1. The summed E-state index contributed by atoms with van der Waals surface area (Å²) >= 11 is 0. The molecule has 50 heavy (non-hydrogen) atoms. The van der Waals surface area contributed by atoms with Crippen LogP contribution in [0.1, 0.15) is 154 Å². The first kappa shape index (κ1) is 45.0. The van der Waals surface area contributed by atoms with Gasteiger partial charge in [-0.1, -0.05) is 112 Å². The zero-order valence-electron chi connectivity index (χ0n) is 31.4. The zero-order valence-corrected chi connectivity index (χ0v) is 35.4. The van der Waals surface area contributed by atoms with Gasteiger partial charge < -0.3 is 21.7 Å². The van der Waals surface area contributed by atoms with E-state index in [1.54, 1.807) is 5.30 Å². The second kappa shape index (κ2) is 20.9. The minimum Gasteiger partial charge on any atom is -1.00 e. The summed E-state index contributed by atoms with van der Waals surface area (Å²) in [6.07, 6.45) is 14.6. The molecule has 281 valence electrons. The summed E-state index contributed by atoms with van der Waals surface area (Å²) in [5.41, 5.74) is 11.1. The van der Waals surface area contributed by atoms with Crippen LogP contribution in [0, 0.1) is 6.42 Å². The maximum atomic E-state index is 11.8. The van der Waals surface area contributed by atoms with Crippen LogP contribution in [0.3, 0.4) is 0 Å². The second-order valence-electron chi connectivity index (χ2n) is 15.1. The van der Waals surface area contributed by atoms with Gasteiger partial charge in [0, 0.05) is 37.7 Å². The van der Waals surface area contributed by atoms with Crippen molar-refractivity contribution >= 4 is 13.2 Å². The molecular formula is C43H59BrF3OPPd-. The third-order valence-corrected chi connectivity index (χ3v) is 13.6. The van der Waals surface area contributed by atoms with Crippen molar-refractivity contribution in [1.82, 2.24) is 0 Å². The maximum Gasteiger partial charge on any atom is 0.413 e. The van der Waals surface area contributed by atoms with Gasteiger partial charge in [0.25, 0.3) is 0 Å². The molecule has 2 saturated carbocycles. The van der Waals surface area contributed by atoms with Gasteiger partial charge in [-0.3, -0.25) is 0 Å². The molecule has 0 unspecified atom stereocenters. The summed E-state index contributed by atoms with van der Waals surface area (Å²) in [5.74, 6) is 2.70. The van der Waals surface area contributed by atoms with E-state index in [1.165, 1.54) is 110 Å². The summed E-state index contributed by atoms with van der Waals surface area (Å²) in [6.45, 7) is 18.7. The number of rotatable bonds is 9. The molecule has 2 aromatic rings. The van der Waals surface area contributed by atoms with Crippen LogP contribution in [-0.4, -0.2) is 23.6 Å². The topological polar surface area (TPSA) is 9.23 Å². The fourth-order valence-corrected chi connectivity index (χ4v) is 11.6. The Bertz CT molecular complexity index is 1400. The quantitative estimate of drug-likeness (QED) is 0.139. The predicted molar refractivity (Wildman–Crippen MR) is 201 cm³/mol. The molecule has 0 aliphatic heterocycles. The molecule has 0 aromatic heterocycles. The van der Waals surface area contributed by atoms with Crippen LogP contribution in [0.5, 0.6) is 5.75 Å². The van der Waals surface area contributed by atoms with Crippen LogP contribution in [0.2, 0.25) is 0 Å². The van der Waals surface area contributed by atoms with E-state index in [-0.39, 0.29) is 51.4 Å². The first-order chi connectivity index (χ1) is 22.8. The molecule has 3 aliphatic carbocycles. The fourth-order valence-electron chi connectivity index (χ4n) is 7.56. The van der Waals surface area contributed by atoms with E-state index in [9.17, 15) is 13.2 Å². The van der Waals surface area contributed by atoms with Gasteiger partial charge in [-0.15, -0.1) is 5.73 Å². The van der Waals surface area contributed by atoms with Crippen LogP contribution >= 0.6 is 7.92 Å². The molecule has 5 rings (SSSR count). The first-order valence-electron chi connectivity index (χ1n) is 18.6. The summed E-state index contributed by atoms with van der Waals surface area (Å²) in [6, 6.07) is 12.2. The summed E-state index contributed by atoms with van der Waals surface area (Å²) in [5, 5.41) is 1.62. The van der Waals surface area contributed by atoms with Crippen molar-refractivity contribution in [2.45, 2.75) is 161 Å². The van der Waals surface area contributed by atoms with Gasteiger partial charge in [0.05, 0.1) is 6.10 Å². The molecule has 0 atom stereocenters. The second-order valence-corrected chi connectivity index (χ2v) is 17.9. The Morgan fingerprint density at radius 1 is 0.740 bits per heavy atom. The number of allylic oxidation sites excluding steroid dienone is 3. The molecule has 0 spiro atoms. The molecule has 0 saturated heterocycles. The number of ether oxygens (including phenoxy) is 1. The van der Waals surface area contributed by atoms with Gasteiger partial charge in [-0.2, -0.15) is 13.2 Å². The largest absolute Gasteiger partial charge is 1.00 e. The van der Waals surface area contributed by atoms with E-state index >= 15 is 0 Å². The summed E-state index contributed by atoms with van der Waals surface area (Å²) in [7, 11) is -0.296. The van der Waals surface area contributed by atoms with Gasteiger partial charge in [0.1, 0.15) is 5.75 Å². The van der Waals surface area contributed by atoms with Crippen LogP contribution < -0.4 is 27.0 Å². The van der Waals surface area contributed by atoms with Crippen molar-refractivity contribution in [3.05, 3.63) is 83.0 Å². The van der Waals surface area contributed by atoms with Crippen molar-refractivity contribution in [2.24, 2.45) is 0 Å². The molecule has 3 aliphatic rings. The Hall–Kier alpha value is -1.14. The van der Waals surface area contributed by atoms with Crippen LogP contribution in [-0.2, 0) is 20.4 Å². The van der Waals surface area contributed by atoms with E-state index in [2.05, 4.69) is 91.5 Å². The Morgan fingerprint density at radius 3 is 1.64 bits per heavy atom. The summed E-state index contributed by atoms with van der Waals surface area (Å²) < 4.78 is 42.1. The predicted octanol–water partition coefficient (Wildman–Crippen LogP) is 10.7. The van der Waals surface area contributed by atoms with Crippen molar-refractivity contribution < 1.29 is 55.3 Å². The average molecular weight is 866 g/mol. The molecule has 1 radical (unpaired) electrons. The summed E-state index contributed by atoms with van der Waals surface area (Å²) in [4.78, 5) is 0. The maximum absolute atomic E-state index is 11.8. The third kappa shape index (κ3) is 11.9.